The molecule has 5 heteroatoms. The predicted molar refractivity (Wildman–Crippen MR) is 76.6 cm³/mol. The number of allylic oxidation sites excluding steroid dienone is 1. The summed E-state index contributed by atoms with van der Waals surface area (Å²) in [6.07, 6.45) is 11.1. The van der Waals surface area contributed by atoms with Gasteiger partial charge in [-0.15, -0.1) is 10.3 Å². The van der Waals surface area contributed by atoms with E-state index in [9.17, 15) is 0 Å². The van der Waals surface area contributed by atoms with E-state index >= 15 is 0 Å². The molecule has 5 nitrogen and oxygen atoms in total. The average Bonchev–Trinajstić information content (AvgIpc) is 2.40. The van der Waals surface area contributed by atoms with Crippen molar-refractivity contribution < 1.29 is 0 Å². The van der Waals surface area contributed by atoms with E-state index in [0.29, 0.717) is 0 Å². The average molecular weight is 253 g/mol. The minimum atomic E-state index is 0.946. The minimum absolute atomic E-state index is 0.946. The third-order valence-electron chi connectivity index (χ3n) is 2.79. The zero-order chi connectivity index (χ0) is 13.1. The number of nitrogens with one attached hydrogen (secondary N) is 3. The summed E-state index contributed by atoms with van der Waals surface area (Å²) < 4.78 is 0. The fraction of sp³-hybridized carbons (Fsp3) is 0.769. The summed E-state index contributed by atoms with van der Waals surface area (Å²) in [5, 5.41) is 9.23. The van der Waals surface area contributed by atoms with Gasteiger partial charge in [-0.1, -0.05) is 39.5 Å². The summed E-state index contributed by atoms with van der Waals surface area (Å²) in [5.74, 6) is 1.00. The van der Waals surface area contributed by atoms with Crippen molar-refractivity contribution in [1.82, 2.24) is 21.4 Å². The highest BCUT2D eigenvalue weighted by Gasteiger charge is 2.05. The van der Waals surface area contributed by atoms with E-state index in [1.807, 2.05) is 6.08 Å². The first kappa shape index (κ1) is 14.8. The number of unbranched alkanes of at least 4 members (excludes halogenated alkanes) is 4. The van der Waals surface area contributed by atoms with Crippen LogP contribution in [0.25, 0.3) is 0 Å². The molecule has 0 saturated carbocycles. The normalized spacial score (nSPS) is 14.3. The molecule has 104 valence electrons. The third kappa shape index (κ3) is 6.49. The van der Waals surface area contributed by atoms with Gasteiger partial charge < -0.3 is 5.32 Å². The Hall–Kier alpha value is -1.23. The van der Waals surface area contributed by atoms with Crippen LogP contribution in [0.4, 0.5) is 0 Å². The van der Waals surface area contributed by atoms with Gasteiger partial charge in [0, 0.05) is 19.2 Å². The van der Waals surface area contributed by atoms with Crippen molar-refractivity contribution in [2.75, 3.05) is 13.1 Å². The molecule has 18 heavy (non-hydrogen) atoms. The van der Waals surface area contributed by atoms with Gasteiger partial charge >= 0.3 is 0 Å². The van der Waals surface area contributed by atoms with Gasteiger partial charge in [0.25, 0.3) is 0 Å². The van der Waals surface area contributed by atoms with Gasteiger partial charge in [-0.2, -0.15) is 5.43 Å². The van der Waals surface area contributed by atoms with E-state index in [4.69, 9.17) is 0 Å². The zero-order valence-electron chi connectivity index (χ0n) is 11.7. The Balaban J connectivity index is 2.12. The highest BCUT2D eigenvalue weighted by molar-refractivity contribution is 5.72. The molecule has 0 fully saturated rings. The van der Waals surface area contributed by atoms with E-state index in [-0.39, 0.29) is 0 Å². The van der Waals surface area contributed by atoms with Gasteiger partial charge in [0.05, 0.1) is 6.21 Å². The summed E-state index contributed by atoms with van der Waals surface area (Å²) in [6.45, 7) is 6.37. The Labute approximate surface area is 111 Å². The Kier molecular flexibility index (Phi) is 8.04. The quantitative estimate of drug-likeness (QED) is 0.522. The molecule has 0 spiro atoms. The SMILES string of the molecule is CCCCCNC1=CC=NN(NCCCCC)N1. The molecule has 1 aliphatic rings. The largest absolute Gasteiger partial charge is 0.370 e. The number of rotatable bonds is 10. The second-order valence-electron chi connectivity index (χ2n) is 4.52. The lowest BCUT2D eigenvalue weighted by Gasteiger charge is -2.25. The van der Waals surface area contributed by atoms with Gasteiger partial charge in [-0.25, -0.2) is 0 Å². The van der Waals surface area contributed by atoms with Crippen LogP contribution in [-0.2, 0) is 0 Å². The molecular weight excluding hydrogens is 226 g/mol. The molecule has 0 unspecified atom stereocenters. The standard InChI is InChI=1S/C13H27N5/c1-3-5-7-10-14-13-9-12-16-18(17-13)15-11-8-6-4-2/h9,12,14-15,17H,3-8,10-11H2,1-2H3. The third-order valence-corrected chi connectivity index (χ3v) is 2.79. The van der Waals surface area contributed by atoms with E-state index in [2.05, 4.69) is 35.1 Å². The summed E-state index contributed by atoms with van der Waals surface area (Å²) in [4.78, 5) is 0. The molecule has 1 aliphatic heterocycles. The maximum Gasteiger partial charge on any atom is 0.122 e. The van der Waals surface area contributed by atoms with Crippen LogP contribution in [0, 0.1) is 0 Å². The molecule has 0 aromatic rings. The minimum Gasteiger partial charge on any atom is -0.370 e. The van der Waals surface area contributed by atoms with Crippen molar-refractivity contribution >= 4 is 6.21 Å². The van der Waals surface area contributed by atoms with E-state index in [1.54, 1.807) is 11.4 Å². The fourth-order valence-electron chi connectivity index (χ4n) is 1.69. The van der Waals surface area contributed by atoms with Crippen LogP contribution in [0.1, 0.15) is 52.4 Å². The first-order valence-electron chi connectivity index (χ1n) is 7.15. The Bertz CT molecular complexity index is 262. The molecule has 0 radical (unpaired) electrons. The van der Waals surface area contributed by atoms with Crippen LogP contribution in [-0.4, -0.2) is 24.5 Å². The lowest BCUT2D eigenvalue weighted by Crippen LogP contribution is -2.48. The van der Waals surface area contributed by atoms with Crippen molar-refractivity contribution in [2.24, 2.45) is 5.10 Å². The Morgan fingerprint density at radius 1 is 1.11 bits per heavy atom. The molecule has 3 N–H and O–H groups in total. The van der Waals surface area contributed by atoms with Gasteiger partial charge in [0.2, 0.25) is 0 Å². The predicted octanol–water partition coefficient (Wildman–Crippen LogP) is 2.11. The van der Waals surface area contributed by atoms with Gasteiger partial charge in [-0.05, 0) is 12.8 Å². The van der Waals surface area contributed by atoms with E-state index in [1.165, 1.54) is 38.5 Å². The van der Waals surface area contributed by atoms with Gasteiger partial charge in [0.15, 0.2) is 0 Å². The number of nitrogens with zero attached hydrogens (tertiary/aromatic N) is 2. The molecule has 0 aliphatic carbocycles. The van der Waals surface area contributed by atoms with Crippen molar-refractivity contribution in [3.8, 4) is 0 Å². The molecular formula is C13H27N5. The molecule has 0 atom stereocenters. The number of hydrogen-bond acceptors (Lipinski definition) is 5. The molecule has 0 amide bonds. The summed E-state index contributed by atoms with van der Waals surface area (Å²) in [6, 6.07) is 0. The smallest absolute Gasteiger partial charge is 0.122 e. The number of hydrazine groups is 2. The summed E-state index contributed by atoms with van der Waals surface area (Å²) in [7, 11) is 0. The summed E-state index contributed by atoms with van der Waals surface area (Å²) in [5.41, 5.74) is 6.41. The van der Waals surface area contributed by atoms with Crippen LogP contribution in [0.2, 0.25) is 0 Å². The first-order valence-corrected chi connectivity index (χ1v) is 7.15. The summed E-state index contributed by atoms with van der Waals surface area (Å²) >= 11 is 0. The maximum atomic E-state index is 4.19. The van der Waals surface area contributed by atoms with Crippen LogP contribution in [0.15, 0.2) is 17.0 Å². The fourth-order valence-corrected chi connectivity index (χ4v) is 1.69. The van der Waals surface area contributed by atoms with E-state index < -0.39 is 0 Å². The molecule has 1 heterocycles. The highest BCUT2D eigenvalue weighted by atomic mass is 15.9. The first-order chi connectivity index (χ1) is 8.86. The Morgan fingerprint density at radius 2 is 1.83 bits per heavy atom. The highest BCUT2D eigenvalue weighted by Crippen LogP contribution is 1.97. The van der Waals surface area contributed by atoms with Crippen LogP contribution in [0.5, 0.6) is 0 Å². The van der Waals surface area contributed by atoms with Crippen molar-refractivity contribution in [3.63, 3.8) is 0 Å². The van der Waals surface area contributed by atoms with Gasteiger partial charge in [0.1, 0.15) is 5.82 Å². The number of hydrazone groups is 1. The second kappa shape index (κ2) is 9.76. The van der Waals surface area contributed by atoms with Crippen LogP contribution < -0.4 is 16.2 Å². The van der Waals surface area contributed by atoms with Crippen LogP contribution >= 0.6 is 0 Å². The van der Waals surface area contributed by atoms with Crippen molar-refractivity contribution in [1.29, 1.82) is 0 Å². The maximum absolute atomic E-state index is 4.19. The number of hydrogen-bond donors (Lipinski definition) is 3. The van der Waals surface area contributed by atoms with E-state index in [0.717, 1.165) is 18.9 Å². The van der Waals surface area contributed by atoms with Gasteiger partial charge in [-0.3, -0.25) is 5.43 Å². The molecule has 0 aromatic carbocycles. The lowest BCUT2D eigenvalue weighted by molar-refractivity contribution is 0.132. The molecule has 1 rings (SSSR count). The molecule has 0 aromatic heterocycles. The lowest BCUT2D eigenvalue weighted by atomic mass is 10.2. The Morgan fingerprint density at radius 3 is 2.56 bits per heavy atom. The molecule has 0 saturated heterocycles. The van der Waals surface area contributed by atoms with Crippen molar-refractivity contribution in [2.45, 2.75) is 52.4 Å². The molecule has 0 bridgehead atoms. The second-order valence-corrected chi connectivity index (χ2v) is 4.52. The van der Waals surface area contributed by atoms with Crippen molar-refractivity contribution in [3.05, 3.63) is 11.9 Å². The van der Waals surface area contributed by atoms with Crippen LogP contribution in [0.3, 0.4) is 0 Å². The topological polar surface area (TPSA) is 51.7 Å². The monoisotopic (exact) mass is 253 g/mol. The zero-order valence-corrected chi connectivity index (χ0v) is 11.7.